The van der Waals surface area contributed by atoms with E-state index in [1.165, 1.54) is 25.1 Å². The van der Waals surface area contributed by atoms with Crippen molar-refractivity contribution in [3.63, 3.8) is 0 Å². The van der Waals surface area contributed by atoms with Crippen LogP contribution in [-0.4, -0.2) is 15.9 Å². The first kappa shape index (κ1) is 17.6. The number of hydrogen-bond acceptors (Lipinski definition) is 4. The van der Waals surface area contributed by atoms with E-state index in [0.29, 0.717) is 5.56 Å². The van der Waals surface area contributed by atoms with Crippen molar-refractivity contribution in [2.24, 2.45) is 0 Å². The highest BCUT2D eigenvalue weighted by molar-refractivity contribution is 7.80. The molecule has 6 nitrogen and oxygen atoms in total. The standard InChI is InChI=1S/C17H17N3O3S/c1-10-7-8-13(9-11(10)2)18-17(24)19-16(21)14-5-4-6-15(12(14)3)20(22)23/h4-9H,1-3H3,(H2,18,19,21,24). The Morgan fingerprint density at radius 3 is 2.46 bits per heavy atom. The maximum Gasteiger partial charge on any atom is 0.273 e. The minimum atomic E-state index is -0.516. The maximum atomic E-state index is 12.3. The third-order valence-corrected chi connectivity index (χ3v) is 3.94. The second-order valence-electron chi connectivity index (χ2n) is 5.41. The van der Waals surface area contributed by atoms with Crippen LogP contribution >= 0.6 is 12.2 Å². The molecule has 1 amide bonds. The third-order valence-electron chi connectivity index (χ3n) is 3.74. The minimum Gasteiger partial charge on any atom is -0.332 e. The van der Waals surface area contributed by atoms with Crippen LogP contribution in [0.4, 0.5) is 11.4 Å². The molecule has 0 aliphatic rings. The SMILES string of the molecule is Cc1ccc(NC(=S)NC(=O)c2cccc([N+](=O)[O-])c2C)cc1C. The van der Waals surface area contributed by atoms with Crippen LogP contribution in [0.15, 0.2) is 36.4 Å². The fourth-order valence-corrected chi connectivity index (χ4v) is 2.43. The highest BCUT2D eigenvalue weighted by Crippen LogP contribution is 2.21. The summed E-state index contributed by atoms with van der Waals surface area (Å²) in [5, 5.41) is 16.6. The normalized spacial score (nSPS) is 10.1. The van der Waals surface area contributed by atoms with Gasteiger partial charge in [0.25, 0.3) is 11.6 Å². The lowest BCUT2D eigenvalue weighted by atomic mass is 10.1. The summed E-state index contributed by atoms with van der Waals surface area (Å²) >= 11 is 5.14. The maximum absolute atomic E-state index is 12.3. The van der Waals surface area contributed by atoms with Gasteiger partial charge in [0.05, 0.1) is 4.92 Å². The van der Waals surface area contributed by atoms with E-state index in [1.54, 1.807) is 0 Å². The molecule has 0 bridgehead atoms. The zero-order valence-corrected chi connectivity index (χ0v) is 14.4. The van der Waals surface area contributed by atoms with Gasteiger partial charge in [-0.25, -0.2) is 0 Å². The highest BCUT2D eigenvalue weighted by Gasteiger charge is 2.18. The molecule has 0 saturated heterocycles. The van der Waals surface area contributed by atoms with Crippen molar-refractivity contribution >= 4 is 34.6 Å². The molecular weight excluding hydrogens is 326 g/mol. The Labute approximate surface area is 145 Å². The van der Waals surface area contributed by atoms with Gasteiger partial charge in [0.15, 0.2) is 5.11 Å². The average Bonchev–Trinajstić information content (AvgIpc) is 2.50. The Bertz CT molecular complexity index is 834. The van der Waals surface area contributed by atoms with E-state index < -0.39 is 10.8 Å². The van der Waals surface area contributed by atoms with Crippen LogP contribution in [-0.2, 0) is 0 Å². The number of nitro benzene ring substituents is 1. The molecule has 2 N–H and O–H groups in total. The molecule has 2 aromatic carbocycles. The molecule has 0 heterocycles. The van der Waals surface area contributed by atoms with Crippen LogP contribution in [0.1, 0.15) is 27.0 Å². The zero-order chi connectivity index (χ0) is 17.9. The van der Waals surface area contributed by atoms with Gasteiger partial charge >= 0.3 is 0 Å². The van der Waals surface area contributed by atoms with Crippen LogP contribution in [0.2, 0.25) is 0 Å². The van der Waals surface area contributed by atoms with Crippen molar-refractivity contribution < 1.29 is 9.72 Å². The molecule has 0 atom stereocenters. The van der Waals surface area contributed by atoms with Gasteiger partial charge in [-0.1, -0.05) is 12.1 Å². The quantitative estimate of drug-likeness (QED) is 0.505. The fourth-order valence-electron chi connectivity index (χ4n) is 2.22. The van der Waals surface area contributed by atoms with E-state index in [-0.39, 0.29) is 16.4 Å². The second kappa shape index (κ2) is 7.18. The second-order valence-corrected chi connectivity index (χ2v) is 5.82. The Morgan fingerprint density at radius 2 is 1.83 bits per heavy atom. The third kappa shape index (κ3) is 3.94. The molecule has 0 saturated carbocycles. The molecule has 0 fully saturated rings. The molecule has 2 aromatic rings. The summed E-state index contributed by atoms with van der Waals surface area (Å²) in [4.78, 5) is 22.7. The molecule has 24 heavy (non-hydrogen) atoms. The van der Waals surface area contributed by atoms with E-state index in [1.807, 2.05) is 32.0 Å². The van der Waals surface area contributed by atoms with E-state index in [2.05, 4.69) is 10.6 Å². The number of nitrogens with zero attached hydrogens (tertiary/aromatic N) is 1. The Balaban J connectivity index is 2.12. The molecule has 0 radical (unpaired) electrons. The molecule has 0 spiro atoms. The topological polar surface area (TPSA) is 84.3 Å². The molecule has 0 aliphatic heterocycles. The highest BCUT2D eigenvalue weighted by atomic mass is 32.1. The lowest BCUT2D eigenvalue weighted by Crippen LogP contribution is -2.34. The van der Waals surface area contributed by atoms with Crippen LogP contribution in [0.3, 0.4) is 0 Å². The lowest BCUT2D eigenvalue weighted by Gasteiger charge is -2.12. The Hall–Kier alpha value is -2.80. The molecule has 124 valence electrons. The van der Waals surface area contributed by atoms with Gasteiger partial charge < -0.3 is 5.32 Å². The molecule has 7 heteroatoms. The summed E-state index contributed by atoms with van der Waals surface area (Å²) in [6, 6.07) is 10.1. The average molecular weight is 343 g/mol. The van der Waals surface area contributed by atoms with E-state index in [4.69, 9.17) is 12.2 Å². The van der Waals surface area contributed by atoms with Gasteiger partial charge in [-0.15, -0.1) is 0 Å². The molecule has 0 aliphatic carbocycles. The Kier molecular flexibility index (Phi) is 5.25. The van der Waals surface area contributed by atoms with Crippen LogP contribution in [0.5, 0.6) is 0 Å². The van der Waals surface area contributed by atoms with E-state index >= 15 is 0 Å². The van der Waals surface area contributed by atoms with Crippen LogP contribution in [0, 0.1) is 30.9 Å². The van der Waals surface area contributed by atoms with Gasteiger partial charge in [0.1, 0.15) is 0 Å². The first-order valence-electron chi connectivity index (χ1n) is 7.23. The number of hydrogen-bond donors (Lipinski definition) is 2. The summed E-state index contributed by atoms with van der Waals surface area (Å²) in [5.74, 6) is -0.488. The largest absolute Gasteiger partial charge is 0.332 e. The summed E-state index contributed by atoms with van der Waals surface area (Å²) in [6.07, 6.45) is 0. The van der Waals surface area contributed by atoms with E-state index in [9.17, 15) is 14.9 Å². The van der Waals surface area contributed by atoms with Gasteiger partial charge in [0.2, 0.25) is 0 Å². The molecule has 0 aromatic heterocycles. The van der Waals surface area contributed by atoms with Crippen molar-refractivity contribution in [3.05, 3.63) is 68.8 Å². The zero-order valence-electron chi connectivity index (χ0n) is 13.5. The first-order valence-corrected chi connectivity index (χ1v) is 7.64. The summed E-state index contributed by atoms with van der Waals surface area (Å²) in [5.41, 5.74) is 3.43. The van der Waals surface area contributed by atoms with Crippen LogP contribution < -0.4 is 10.6 Å². The number of amides is 1. The predicted molar refractivity (Wildman–Crippen MR) is 97.4 cm³/mol. The van der Waals surface area contributed by atoms with Crippen molar-refractivity contribution in [2.45, 2.75) is 20.8 Å². The predicted octanol–water partition coefficient (Wildman–Crippen LogP) is 3.65. The summed E-state index contributed by atoms with van der Waals surface area (Å²) in [7, 11) is 0. The van der Waals surface area contributed by atoms with Crippen molar-refractivity contribution in [3.8, 4) is 0 Å². The number of nitrogens with one attached hydrogen (secondary N) is 2. The van der Waals surface area contributed by atoms with Crippen molar-refractivity contribution in [2.75, 3.05) is 5.32 Å². The lowest BCUT2D eigenvalue weighted by molar-refractivity contribution is -0.385. The number of carbonyl (C=O) groups is 1. The minimum absolute atomic E-state index is 0.101. The number of carbonyl (C=O) groups excluding carboxylic acids is 1. The first-order chi connectivity index (χ1) is 11.3. The molecular formula is C17H17N3O3S. The number of aryl methyl sites for hydroxylation is 2. The van der Waals surface area contributed by atoms with Crippen molar-refractivity contribution in [1.29, 1.82) is 0 Å². The summed E-state index contributed by atoms with van der Waals surface area (Å²) in [6.45, 7) is 5.52. The molecule has 2 rings (SSSR count). The number of thiocarbonyl (C=S) groups is 1. The number of rotatable bonds is 3. The fraction of sp³-hybridized carbons (Fsp3) is 0.176. The van der Waals surface area contributed by atoms with Crippen molar-refractivity contribution in [1.82, 2.24) is 5.32 Å². The van der Waals surface area contributed by atoms with Gasteiger partial charge in [0, 0.05) is 22.9 Å². The Morgan fingerprint density at radius 1 is 1.12 bits per heavy atom. The molecule has 0 unspecified atom stereocenters. The number of nitro groups is 1. The van der Waals surface area contributed by atoms with Gasteiger partial charge in [-0.05, 0) is 62.3 Å². The van der Waals surface area contributed by atoms with Crippen LogP contribution in [0.25, 0.3) is 0 Å². The smallest absolute Gasteiger partial charge is 0.273 e. The monoisotopic (exact) mass is 343 g/mol. The van der Waals surface area contributed by atoms with E-state index in [0.717, 1.165) is 16.8 Å². The summed E-state index contributed by atoms with van der Waals surface area (Å²) < 4.78 is 0. The van der Waals surface area contributed by atoms with Gasteiger partial charge in [-0.2, -0.15) is 0 Å². The number of anilines is 1. The number of benzene rings is 2. The van der Waals surface area contributed by atoms with Gasteiger partial charge in [-0.3, -0.25) is 20.2 Å².